The Balaban J connectivity index is 1.95. The first-order valence-corrected chi connectivity index (χ1v) is 6.82. The molecule has 1 aliphatic carbocycles. The van der Waals surface area contributed by atoms with E-state index in [2.05, 4.69) is 5.32 Å². The Morgan fingerprint density at radius 2 is 1.95 bits per heavy atom. The molecule has 0 unspecified atom stereocenters. The van der Waals surface area contributed by atoms with Gasteiger partial charge in [-0.3, -0.25) is 0 Å². The number of carbonyl (C=O) groups is 2. The van der Waals surface area contributed by atoms with Crippen LogP contribution in [0.1, 0.15) is 40.0 Å². The van der Waals surface area contributed by atoms with E-state index in [4.69, 9.17) is 4.74 Å². The fourth-order valence-corrected chi connectivity index (χ4v) is 2.60. The van der Waals surface area contributed by atoms with Gasteiger partial charge in [-0.05, 0) is 40.0 Å². The lowest BCUT2D eigenvalue weighted by atomic mass is 10.1. The second kappa shape index (κ2) is 4.80. The summed E-state index contributed by atoms with van der Waals surface area (Å²) >= 11 is 0. The van der Waals surface area contributed by atoms with E-state index in [1.54, 1.807) is 20.8 Å². The molecule has 2 fully saturated rings. The summed E-state index contributed by atoms with van der Waals surface area (Å²) in [5.41, 5.74) is -1.51. The van der Waals surface area contributed by atoms with E-state index in [-0.39, 0.29) is 12.6 Å². The summed E-state index contributed by atoms with van der Waals surface area (Å²) in [7, 11) is 0. The number of rotatable bonds is 2. The van der Waals surface area contributed by atoms with Gasteiger partial charge in [0.15, 0.2) is 0 Å². The van der Waals surface area contributed by atoms with Crippen molar-refractivity contribution < 1.29 is 24.5 Å². The number of carbonyl (C=O) groups excluding carboxylic acids is 1. The van der Waals surface area contributed by atoms with Crippen molar-refractivity contribution in [1.29, 1.82) is 0 Å². The zero-order valence-electron chi connectivity index (χ0n) is 12.0. The van der Waals surface area contributed by atoms with Crippen LogP contribution in [0.25, 0.3) is 0 Å². The summed E-state index contributed by atoms with van der Waals surface area (Å²) < 4.78 is 5.15. The molecular weight excluding hydrogens is 264 g/mol. The minimum absolute atomic E-state index is 0.182. The van der Waals surface area contributed by atoms with Crippen molar-refractivity contribution in [3.05, 3.63) is 0 Å². The molecule has 114 valence electrons. The average Bonchev–Trinajstić information content (AvgIpc) is 2.86. The Morgan fingerprint density at radius 3 is 2.40 bits per heavy atom. The lowest BCUT2D eigenvalue weighted by Gasteiger charge is -2.25. The number of likely N-dealkylation sites (tertiary alicyclic amines) is 1. The predicted octanol–water partition coefficient (Wildman–Crippen LogP) is 1.16. The molecule has 0 spiro atoms. The molecule has 1 heterocycles. The molecule has 0 aromatic rings. The molecule has 1 saturated heterocycles. The largest absolute Gasteiger partial charge is 0.465 e. The Hall–Kier alpha value is -1.50. The van der Waals surface area contributed by atoms with Crippen LogP contribution in [0, 0.1) is 0 Å². The highest BCUT2D eigenvalue weighted by atomic mass is 16.6. The van der Waals surface area contributed by atoms with Gasteiger partial charge in [0.25, 0.3) is 0 Å². The fourth-order valence-electron chi connectivity index (χ4n) is 2.60. The van der Waals surface area contributed by atoms with Crippen molar-refractivity contribution in [3.8, 4) is 0 Å². The molecule has 2 aliphatic rings. The first-order chi connectivity index (χ1) is 9.11. The van der Waals surface area contributed by atoms with E-state index < -0.39 is 29.4 Å². The van der Waals surface area contributed by atoms with E-state index >= 15 is 0 Å². The summed E-state index contributed by atoms with van der Waals surface area (Å²) in [6.45, 7) is 5.48. The molecule has 2 amide bonds. The van der Waals surface area contributed by atoms with Gasteiger partial charge in [-0.2, -0.15) is 0 Å². The SMILES string of the molecule is CC(C)(C)OC(=O)N[C@H]1C[C@@H](C2(O)CC2)N(C(=O)O)C1. The summed E-state index contributed by atoms with van der Waals surface area (Å²) in [5.74, 6) is 0. The highest BCUT2D eigenvalue weighted by Gasteiger charge is 2.55. The van der Waals surface area contributed by atoms with Crippen molar-refractivity contribution in [2.24, 2.45) is 0 Å². The number of hydrogen-bond donors (Lipinski definition) is 3. The normalized spacial score (nSPS) is 28.1. The van der Waals surface area contributed by atoms with E-state index in [9.17, 15) is 19.8 Å². The van der Waals surface area contributed by atoms with Gasteiger partial charge in [0.2, 0.25) is 0 Å². The first-order valence-electron chi connectivity index (χ1n) is 6.82. The van der Waals surface area contributed by atoms with E-state index in [1.165, 1.54) is 4.90 Å². The molecule has 0 aromatic carbocycles. The van der Waals surface area contributed by atoms with E-state index in [0.29, 0.717) is 19.3 Å². The molecule has 7 nitrogen and oxygen atoms in total. The zero-order valence-corrected chi connectivity index (χ0v) is 12.0. The molecule has 1 aliphatic heterocycles. The molecule has 2 rings (SSSR count). The highest BCUT2D eigenvalue weighted by Crippen LogP contribution is 2.44. The number of aliphatic hydroxyl groups is 1. The number of nitrogens with one attached hydrogen (secondary N) is 1. The minimum atomic E-state index is -1.07. The van der Waals surface area contributed by atoms with Gasteiger partial charge in [0, 0.05) is 6.54 Å². The monoisotopic (exact) mass is 286 g/mol. The predicted molar refractivity (Wildman–Crippen MR) is 70.5 cm³/mol. The molecule has 2 atom stereocenters. The van der Waals surface area contributed by atoms with Gasteiger partial charge < -0.3 is 25.2 Å². The summed E-state index contributed by atoms with van der Waals surface area (Å²) in [6.07, 6.45) is 0.0172. The number of ether oxygens (including phenoxy) is 1. The van der Waals surface area contributed by atoms with Crippen LogP contribution < -0.4 is 5.32 Å². The van der Waals surface area contributed by atoms with Gasteiger partial charge in [0.05, 0.1) is 17.7 Å². The van der Waals surface area contributed by atoms with Gasteiger partial charge in [-0.15, -0.1) is 0 Å². The zero-order chi connectivity index (χ0) is 15.1. The molecule has 3 N–H and O–H groups in total. The van der Waals surface area contributed by atoms with Crippen molar-refractivity contribution in [2.75, 3.05) is 6.54 Å². The number of carboxylic acid groups (broad SMARTS) is 1. The van der Waals surface area contributed by atoms with E-state index in [1.807, 2.05) is 0 Å². The molecule has 0 aromatic heterocycles. The Morgan fingerprint density at radius 1 is 1.35 bits per heavy atom. The lowest BCUT2D eigenvalue weighted by Crippen LogP contribution is -2.43. The minimum Gasteiger partial charge on any atom is -0.465 e. The quantitative estimate of drug-likeness (QED) is 0.707. The van der Waals surface area contributed by atoms with Crippen LogP contribution in [0.5, 0.6) is 0 Å². The average molecular weight is 286 g/mol. The second-order valence-electron chi connectivity index (χ2n) is 6.63. The van der Waals surface area contributed by atoms with Crippen LogP contribution in [0.3, 0.4) is 0 Å². The van der Waals surface area contributed by atoms with Gasteiger partial charge in [0.1, 0.15) is 5.60 Å². The molecule has 20 heavy (non-hydrogen) atoms. The van der Waals surface area contributed by atoms with Crippen LogP contribution in [0.2, 0.25) is 0 Å². The van der Waals surface area contributed by atoms with Gasteiger partial charge >= 0.3 is 12.2 Å². The summed E-state index contributed by atoms with van der Waals surface area (Å²) in [6, 6.07) is -0.768. The molecule has 1 saturated carbocycles. The van der Waals surface area contributed by atoms with Crippen molar-refractivity contribution in [2.45, 2.75) is 63.3 Å². The lowest BCUT2D eigenvalue weighted by molar-refractivity contribution is 0.0498. The highest BCUT2D eigenvalue weighted by molar-refractivity contribution is 5.69. The maximum atomic E-state index is 11.7. The summed E-state index contributed by atoms with van der Waals surface area (Å²) in [5, 5.41) is 22.0. The van der Waals surface area contributed by atoms with Gasteiger partial charge in [-0.25, -0.2) is 9.59 Å². The van der Waals surface area contributed by atoms with Crippen LogP contribution >= 0.6 is 0 Å². The number of nitrogens with zero attached hydrogens (tertiary/aromatic N) is 1. The number of hydrogen-bond acceptors (Lipinski definition) is 4. The van der Waals surface area contributed by atoms with Crippen LogP contribution in [-0.2, 0) is 4.74 Å². The Labute approximate surface area is 117 Å². The maximum absolute atomic E-state index is 11.7. The molecule has 0 bridgehead atoms. The third-order valence-corrected chi connectivity index (χ3v) is 3.65. The Kier molecular flexibility index (Phi) is 3.58. The van der Waals surface area contributed by atoms with Crippen LogP contribution in [0.4, 0.5) is 9.59 Å². The maximum Gasteiger partial charge on any atom is 0.407 e. The van der Waals surface area contributed by atoms with Crippen molar-refractivity contribution >= 4 is 12.2 Å². The molecular formula is C13H22N2O5. The van der Waals surface area contributed by atoms with Crippen molar-refractivity contribution in [1.82, 2.24) is 10.2 Å². The third-order valence-electron chi connectivity index (χ3n) is 3.65. The smallest absolute Gasteiger partial charge is 0.407 e. The summed E-state index contributed by atoms with van der Waals surface area (Å²) in [4.78, 5) is 24.1. The molecule has 7 heteroatoms. The van der Waals surface area contributed by atoms with Gasteiger partial charge in [-0.1, -0.05) is 0 Å². The van der Waals surface area contributed by atoms with E-state index in [0.717, 1.165) is 0 Å². The Bertz CT molecular complexity index is 413. The number of alkyl carbamates (subject to hydrolysis) is 1. The molecule has 0 radical (unpaired) electrons. The van der Waals surface area contributed by atoms with Crippen LogP contribution in [0.15, 0.2) is 0 Å². The number of amides is 2. The fraction of sp³-hybridized carbons (Fsp3) is 0.846. The second-order valence-corrected chi connectivity index (χ2v) is 6.63. The topological polar surface area (TPSA) is 99.1 Å². The van der Waals surface area contributed by atoms with Crippen LogP contribution in [-0.4, -0.2) is 57.1 Å². The first kappa shape index (κ1) is 14.9. The standard InChI is InChI=1S/C13H22N2O5/c1-12(2,3)20-10(16)14-8-6-9(13(19)4-5-13)15(7-8)11(17)18/h8-9,19H,4-7H2,1-3H3,(H,14,16)(H,17,18)/t8-,9-/m0/s1. The third kappa shape index (κ3) is 3.33. The van der Waals surface area contributed by atoms with Crippen molar-refractivity contribution in [3.63, 3.8) is 0 Å².